The van der Waals surface area contributed by atoms with Crippen molar-refractivity contribution in [1.82, 2.24) is 0 Å². The van der Waals surface area contributed by atoms with Gasteiger partial charge in [0, 0.05) is 33.8 Å². The molecule has 29 heavy (non-hydrogen) atoms. The maximum absolute atomic E-state index is 13.2. The number of nitrogens with zero attached hydrogens (tertiary/aromatic N) is 1. The number of ketones is 1. The van der Waals surface area contributed by atoms with E-state index < -0.39 is 5.92 Å². The fourth-order valence-corrected chi connectivity index (χ4v) is 4.61. The van der Waals surface area contributed by atoms with Crippen molar-refractivity contribution >= 4 is 33.4 Å². The number of benzene rings is 2. The number of hydrogen-bond acceptors (Lipinski definition) is 4. The Bertz CT molecular complexity index is 1010. The standard InChI is InChI=1S/C24H22BrNO3/c1-15-21(24(28)29-14-16-7-3-2-4-8-16)22(17-9-5-10-18(25)13-17)23-19(26-15)11-6-12-20(23)27/h2-5,7-10,13,21-22H,6,11-12,14H2,1H3/t21?,22-/m1/s1. The zero-order chi connectivity index (χ0) is 20.4. The predicted molar refractivity (Wildman–Crippen MR) is 116 cm³/mol. The lowest BCUT2D eigenvalue weighted by atomic mass is 9.72. The number of esters is 1. The van der Waals surface area contributed by atoms with E-state index in [1.807, 2.05) is 61.5 Å². The van der Waals surface area contributed by atoms with Crippen LogP contribution in [0, 0.1) is 5.92 Å². The molecule has 0 radical (unpaired) electrons. The van der Waals surface area contributed by atoms with E-state index in [-0.39, 0.29) is 24.3 Å². The van der Waals surface area contributed by atoms with Crippen LogP contribution in [0.4, 0.5) is 0 Å². The van der Waals surface area contributed by atoms with Crippen LogP contribution in [0.15, 0.2) is 75.3 Å². The first-order valence-electron chi connectivity index (χ1n) is 9.82. The molecule has 4 rings (SSSR count). The van der Waals surface area contributed by atoms with Gasteiger partial charge in [0.2, 0.25) is 0 Å². The van der Waals surface area contributed by atoms with Gasteiger partial charge in [-0.15, -0.1) is 0 Å². The van der Waals surface area contributed by atoms with Crippen LogP contribution in [-0.2, 0) is 20.9 Å². The molecular formula is C24H22BrNO3. The van der Waals surface area contributed by atoms with Crippen LogP contribution < -0.4 is 0 Å². The lowest BCUT2D eigenvalue weighted by molar-refractivity contribution is -0.148. The molecule has 0 saturated carbocycles. The van der Waals surface area contributed by atoms with E-state index >= 15 is 0 Å². The largest absolute Gasteiger partial charge is 0.460 e. The number of rotatable bonds is 4. The molecule has 1 aliphatic carbocycles. The van der Waals surface area contributed by atoms with Crippen molar-refractivity contribution in [3.63, 3.8) is 0 Å². The summed E-state index contributed by atoms with van der Waals surface area (Å²) in [6, 6.07) is 17.4. The number of Topliss-reactive ketones (excluding diaryl/α,β-unsaturated/α-hetero) is 1. The summed E-state index contributed by atoms with van der Waals surface area (Å²) >= 11 is 3.52. The summed E-state index contributed by atoms with van der Waals surface area (Å²) in [5.41, 5.74) is 4.08. The Morgan fingerprint density at radius 1 is 1.14 bits per heavy atom. The summed E-state index contributed by atoms with van der Waals surface area (Å²) in [7, 11) is 0. The van der Waals surface area contributed by atoms with Gasteiger partial charge in [-0.25, -0.2) is 0 Å². The molecule has 148 valence electrons. The number of halogens is 1. The number of carbonyl (C=O) groups is 2. The van der Waals surface area contributed by atoms with Crippen LogP contribution in [0.2, 0.25) is 0 Å². The minimum absolute atomic E-state index is 0.0911. The van der Waals surface area contributed by atoms with Crippen LogP contribution >= 0.6 is 15.9 Å². The molecule has 2 aromatic rings. The third kappa shape index (κ3) is 4.10. The molecule has 0 spiro atoms. The highest BCUT2D eigenvalue weighted by Crippen LogP contribution is 2.44. The van der Waals surface area contributed by atoms with E-state index in [0.29, 0.717) is 17.7 Å². The molecule has 0 aromatic heterocycles. The lowest BCUT2D eigenvalue weighted by Crippen LogP contribution is -2.37. The first-order chi connectivity index (χ1) is 14.0. The fraction of sp³-hybridized carbons (Fsp3) is 0.292. The Labute approximate surface area is 178 Å². The van der Waals surface area contributed by atoms with Crippen molar-refractivity contribution in [1.29, 1.82) is 0 Å². The van der Waals surface area contributed by atoms with Gasteiger partial charge in [-0.2, -0.15) is 0 Å². The molecule has 0 fully saturated rings. The molecule has 0 bridgehead atoms. The molecule has 5 heteroatoms. The molecule has 0 N–H and O–H groups in total. The highest BCUT2D eigenvalue weighted by molar-refractivity contribution is 9.10. The van der Waals surface area contributed by atoms with E-state index in [2.05, 4.69) is 20.9 Å². The van der Waals surface area contributed by atoms with Gasteiger partial charge < -0.3 is 4.74 Å². The summed E-state index contributed by atoms with van der Waals surface area (Å²) in [5.74, 6) is -1.22. The van der Waals surface area contributed by atoms with Crippen LogP contribution in [0.25, 0.3) is 0 Å². The Balaban J connectivity index is 1.70. The van der Waals surface area contributed by atoms with Crippen LogP contribution in [0.1, 0.15) is 43.2 Å². The van der Waals surface area contributed by atoms with E-state index in [1.54, 1.807) is 0 Å². The maximum atomic E-state index is 13.2. The second kappa shape index (κ2) is 8.46. The quantitative estimate of drug-likeness (QED) is 0.586. The van der Waals surface area contributed by atoms with Crippen molar-refractivity contribution in [3.8, 4) is 0 Å². The number of allylic oxidation sites excluding steroid dienone is 2. The van der Waals surface area contributed by atoms with E-state index in [4.69, 9.17) is 4.74 Å². The summed E-state index contributed by atoms with van der Waals surface area (Å²) in [6.45, 7) is 2.07. The molecular weight excluding hydrogens is 430 g/mol. The van der Waals surface area contributed by atoms with Crippen LogP contribution in [0.5, 0.6) is 0 Å². The van der Waals surface area contributed by atoms with Crippen LogP contribution in [-0.4, -0.2) is 17.5 Å². The number of hydrogen-bond donors (Lipinski definition) is 0. The normalized spacial score (nSPS) is 21.4. The molecule has 4 nitrogen and oxygen atoms in total. The zero-order valence-corrected chi connectivity index (χ0v) is 17.8. The molecule has 0 saturated heterocycles. The Kier molecular flexibility index (Phi) is 5.76. The zero-order valence-electron chi connectivity index (χ0n) is 16.2. The second-order valence-corrected chi connectivity index (χ2v) is 8.41. The highest BCUT2D eigenvalue weighted by atomic mass is 79.9. The van der Waals surface area contributed by atoms with Gasteiger partial charge in [0.05, 0.1) is 0 Å². The first kappa shape index (κ1) is 19.8. The Morgan fingerprint density at radius 3 is 2.69 bits per heavy atom. The third-order valence-electron chi connectivity index (χ3n) is 5.52. The molecule has 2 aliphatic rings. The number of carbonyl (C=O) groups excluding carboxylic acids is 2. The molecule has 2 aromatic carbocycles. The van der Waals surface area contributed by atoms with E-state index in [0.717, 1.165) is 34.1 Å². The van der Waals surface area contributed by atoms with Gasteiger partial charge in [-0.3, -0.25) is 14.6 Å². The minimum atomic E-state index is -0.603. The second-order valence-electron chi connectivity index (χ2n) is 7.49. The average Bonchev–Trinajstić information content (AvgIpc) is 2.72. The van der Waals surface area contributed by atoms with E-state index in [9.17, 15) is 9.59 Å². The van der Waals surface area contributed by atoms with Crippen molar-refractivity contribution in [2.45, 2.75) is 38.7 Å². The lowest BCUT2D eigenvalue weighted by Gasteiger charge is -2.34. The van der Waals surface area contributed by atoms with Gasteiger partial charge in [0.25, 0.3) is 0 Å². The summed E-state index contributed by atoms with van der Waals surface area (Å²) < 4.78 is 6.58. The predicted octanol–water partition coefficient (Wildman–Crippen LogP) is 5.37. The fourth-order valence-electron chi connectivity index (χ4n) is 4.19. The monoisotopic (exact) mass is 451 g/mol. The molecule has 2 atom stereocenters. The molecule has 0 amide bonds. The smallest absolute Gasteiger partial charge is 0.315 e. The Hall–Kier alpha value is -2.53. The van der Waals surface area contributed by atoms with Gasteiger partial charge in [-0.1, -0.05) is 58.4 Å². The summed E-state index contributed by atoms with van der Waals surface area (Å²) in [6.07, 6.45) is 2.08. The third-order valence-corrected chi connectivity index (χ3v) is 6.01. The van der Waals surface area contributed by atoms with Crippen molar-refractivity contribution < 1.29 is 14.3 Å². The van der Waals surface area contributed by atoms with Gasteiger partial charge in [-0.05, 0) is 43.0 Å². The number of ether oxygens (including phenoxy) is 1. The molecule has 1 aliphatic heterocycles. The van der Waals surface area contributed by atoms with Crippen LogP contribution in [0.3, 0.4) is 0 Å². The summed E-state index contributed by atoms with van der Waals surface area (Å²) in [5, 5.41) is 0. The molecule has 1 heterocycles. The minimum Gasteiger partial charge on any atom is -0.460 e. The van der Waals surface area contributed by atoms with Gasteiger partial charge in [0.15, 0.2) is 5.78 Å². The summed E-state index contributed by atoms with van der Waals surface area (Å²) in [4.78, 5) is 30.7. The topological polar surface area (TPSA) is 55.7 Å². The van der Waals surface area contributed by atoms with Crippen molar-refractivity contribution in [3.05, 3.63) is 81.5 Å². The van der Waals surface area contributed by atoms with Gasteiger partial charge in [0.1, 0.15) is 12.5 Å². The van der Waals surface area contributed by atoms with Gasteiger partial charge >= 0.3 is 5.97 Å². The maximum Gasteiger partial charge on any atom is 0.315 e. The first-order valence-corrected chi connectivity index (χ1v) is 10.6. The highest BCUT2D eigenvalue weighted by Gasteiger charge is 2.43. The van der Waals surface area contributed by atoms with Crippen molar-refractivity contribution in [2.75, 3.05) is 0 Å². The SMILES string of the molecule is CC1=NC2=C(C(=O)CCC2)[C@H](c2cccc(Br)c2)C1C(=O)OCc1ccccc1. The van der Waals surface area contributed by atoms with E-state index in [1.165, 1.54) is 0 Å². The number of aliphatic imine (C=N–C) groups is 1. The Morgan fingerprint density at radius 2 is 1.93 bits per heavy atom. The average molecular weight is 452 g/mol. The van der Waals surface area contributed by atoms with Crippen molar-refractivity contribution in [2.24, 2.45) is 10.9 Å². The molecule has 1 unspecified atom stereocenters.